The Morgan fingerprint density at radius 3 is 2.26 bits per heavy atom. The molecule has 2 atom stereocenters. The molecule has 1 saturated carbocycles. The van der Waals surface area contributed by atoms with Gasteiger partial charge in [0.05, 0.1) is 0 Å². The van der Waals surface area contributed by atoms with Gasteiger partial charge in [-0.25, -0.2) is 4.79 Å². The van der Waals surface area contributed by atoms with Crippen molar-refractivity contribution in [2.24, 2.45) is 11.3 Å². The van der Waals surface area contributed by atoms with E-state index in [0.29, 0.717) is 12.8 Å². The van der Waals surface area contributed by atoms with Crippen molar-refractivity contribution >= 4 is 18.0 Å². The zero-order valence-corrected chi connectivity index (χ0v) is 20.0. The number of alkyl carbamates (subject to hydrolysis) is 1. The molecule has 0 bridgehead atoms. The molecular formula is C28H32N2O5. The Kier molecular flexibility index (Phi) is 6.26. The Morgan fingerprint density at radius 1 is 1.03 bits per heavy atom. The molecule has 2 amide bonds. The standard InChI is InChI=1S/C28H32N2O5/c1-2-28(26(32)33)16-30(17-28)25(31)18-8-7-9-19(14-18)29-27(34)35-15-24-22-12-5-3-10-20(22)21-11-4-6-13-23(21)24/h3-6,10-13,18-19,24H,2,7-9,14-17H2,1H3,(H,29,34)(H,32,33)/t18-,19+/m0/s1. The van der Waals surface area contributed by atoms with Crippen LogP contribution in [0.2, 0.25) is 0 Å². The van der Waals surface area contributed by atoms with E-state index in [-0.39, 0.29) is 43.5 Å². The fraction of sp³-hybridized carbons (Fsp3) is 0.464. The molecule has 0 spiro atoms. The number of ether oxygens (including phenoxy) is 1. The van der Waals surface area contributed by atoms with E-state index in [9.17, 15) is 19.5 Å². The third kappa shape index (κ3) is 4.28. The van der Waals surface area contributed by atoms with E-state index in [1.807, 2.05) is 31.2 Å². The van der Waals surface area contributed by atoms with E-state index in [1.165, 1.54) is 22.3 Å². The number of hydrogen-bond acceptors (Lipinski definition) is 4. The van der Waals surface area contributed by atoms with Gasteiger partial charge in [0.2, 0.25) is 5.91 Å². The lowest BCUT2D eigenvalue weighted by Gasteiger charge is -2.48. The second kappa shape index (κ2) is 9.36. The summed E-state index contributed by atoms with van der Waals surface area (Å²) < 4.78 is 5.68. The fourth-order valence-electron chi connectivity index (χ4n) is 5.96. The third-order valence-corrected chi connectivity index (χ3v) is 8.12. The molecule has 35 heavy (non-hydrogen) atoms. The SMILES string of the molecule is CCC1(C(=O)O)CN(C(=O)[C@H]2CCC[C@@H](NC(=O)OCC3c4ccccc4-c4ccccc43)C2)C1. The monoisotopic (exact) mass is 476 g/mol. The summed E-state index contributed by atoms with van der Waals surface area (Å²) in [7, 11) is 0. The molecule has 7 heteroatoms. The number of carboxylic acid groups (broad SMARTS) is 1. The number of carboxylic acids is 1. The average Bonchev–Trinajstić information content (AvgIpc) is 3.16. The van der Waals surface area contributed by atoms with E-state index in [0.717, 1.165) is 19.3 Å². The van der Waals surface area contributed by atoms with Crippen molar-refractivity contribution in [3.63, 3.8) is 0 Å². The Bertz CT molecular complexity index is 1090. The molecule has 1 aliphatic heterocycles. The number of aliphatic carboxylic acids is 1. The number of carbonyl (C=O) groups is 3. The van der Waals surface area contributed by atoms with Gasteiger partial charge in [-0.05, 0) is 47.9 Å². The highest BCUT2D eigenvalue weighted by atomic mass is 16.5. The van der Waals surface area contributed by atoms with Crippen LogP contribution in [0.4, 0.5) is 4.79 Å². The van der Waals surface area contributed by atoms with Crippen LogP contribution in [0.1, 0.15) is 56.1 Å². The Hall–Kier alpha value is -3.35. The molecule has 2 fully saturated rings. The summed E-state index contributed by atoms with van der Waals surface area (Å²) in [4.78, 5) is 38.8. The summed E-state index contributed by atoms with van der Waals surface area (Å²) in [5.74, 6) is -1.00. The van der Waals surface area contributed by atoms with Gasteiger partial charge in [-0.2, -0.15) is 0 Å². The van der Waals surface area contributed by atoms with Crippen molar-refractivity contribution in [3.05, 3.63) is 59.7 Å². The third-order valence-electron chi connectivity index (χ3n) is 8.12. The summed E-state index contributed by atoms with van der Waals surface area (Å²) in [6.45, 7) is 2.67. The van der Waals surface area contributed by atoms with E-state index >= 15 is 0 Å². The highest BCUT2D eigenvalue weighted by Crippen LogP contribution is 2.44. The number of likely N-dealkylation sites (tertiary alicyclic amines) is 1. The van der Waals surface area contributed by atoms with Crippen molar-refractivity contribution in [2.45, 2.75) is 51.0 Å². The maximum Gasteiger partial charge on any atom is 0.407 e. The molecule has 1 heterocycles. The van der Waals surface area contributed by atoms with Crippen LogP contribution in [0.15, 0.2) is 48.5 Å². The molecule has 2 aromatic rings. The predicted molar refractivity (Wildman–Crippen MR) is 131 cm³/mol. The van der Waals surface area contributed by atoms with Crippen LogP contribution in [0, 0.1) is 11.3 Å². The van der Waals surface area contributed by atoms with Gasteiger partial charge in [-0.3, -0.25) is 9.59 Å². The van der Waals surface area contributed by atoms with E-state index in [2.05, 4.69) is 29.6 Å². The first-order chi connectivity index (χ1) is 16.9. The van der Waals surface area contributed by atoms with Crippen LogP contribution in [0.5, 0.6) is 0 Å². The van der Waals surface area contributed by atoms with E-state index in [4.69, 9.17) is 4.74 Å². The van der Waals surface area contributed by atoms with Gasteiger partial charge in [-0.1, -0.05) is 61.9 Å². The molecule has 0 radical (unpaired) electrons. The average molecular weight is 477 g/mol. The Morgan fingerprint density at radius 2 is 1.66 bits per heavy atom. The van der Waals surface area contributed by atoms with Gasteiger partial charge in [0.1, 0.15) is 12.0 Å². The number of nitrogens with one attached hydrogen (secondary N) is 1. The van der Waals surface area contributed by atoms with Crippen molar-refractivity contribution in [2.75, 3.05) is 19.7 Å². The molecule has 2 N–H and O–H groups in total. The van der Waals surface area contributed by atoms with Crippen LogP contribution >= 0.6 is 0 Å². The number of benzene rings is 2. The number of amides is 2. The maximum absolute atomic E-state index is 13.0. The van der Waals surface area contributed by atoms with Crippen molar-refractivity contribution in [1.29, 1.82) is 0 Å². The van der Waals surface area contributed by atoms with Crippen molar-refractivity contribution in [1.82, 2.24) is 10.2 Å². The minimum atomic E-state index is -0.831. The number of rotatable bonds is 6. The predicted octanol–water partition coefficient (Wildman–Crippen LogP) is 4.41. The molecule has 1 saturated heterocycles. The second-order valence-electron chi connectivity index (χ2n) is 10.2. The molecule has 2 aromatic carbocycles. The quantitative estimate of drug-likeness (QED) is 0.644. The van der Waals surface area contributed by atoms with Crippen LogP contribution in [-0.4, -0.2) is 53.7 Å². The second-order valence-corrected chi connectivity index (χ2v) is 10.2. The van der Waals surface area contributed by atoms with Gasteiger partial charge in [0.25, 0.3) is 0 Å². The minimum Gasteiger partial charge on any atom is -0.481 e. The van der Waals surface area contributed by atoms with Gasteiger partial charge < -0.3 is 20.1 Å². The summed E-state index contributed by atoms with van der Waals surface area (Å²) in [5, 5.41) is 12.4. The van der Waals surface area contributed by atoms with E-state index in [1.54, 1.807) is 4.90 Å². The molecule has 7 nitrogen and oxygen atoms in total. The Balaban J connectivity index is 1.15. The van der Waals surface area contributed by atoms with Gasteiger partial charge in [-0.15, -0.1) is 0 Å². The highest BCUT2D eigenvalue weighted by Gasteiger charge is 2.51. The molecular weight excluding hydrogens is 444 g/mol. The molecule has 184 valence electrons. The zero-order chi connectivity index (χ0) is 24.6. The number of nitrogens with zero attached hydrogens (tertiary/aromatic N) is 1. The number of hydrogen-bond donors (Lipinski definition) is 2. The zero-order valence-electron chi connectivity index (χ0n) is 20.0. The fourth-order valence-corrected chi connectivity index (χ4v) is 5.96. The normalized spacial score (nSPS) is 22.5. The van der Waals surface area contributed by atoms with Crippen LogP contribution in [-0.2, 0) is 14.3 Å². The lowest BCUT2D eigenvalue weighted by atomic mass is 9.75. The van der Waals surface area contributed by atoms with Crippen molar-refractivity contribution < 1.29 is 24.2 Å². The van der Waals surface area contributed by atoms with Gasteiger partial charge >= 0.3 is 12.1 Å². The summed E-state index contributed by atoms with van der Waals surface area (Å²) in [5.41, 5.74) is 3.91. The van der Waals surface area contributed by atoms with Crippen LogP contribution in [0.3, 0.4) is 0 Å². The maximum atomic E-state index is 13.0. The molecule has 2 aliphatic carbocycles. The molecule has 0 unspecified atom stereocenters. The lowest BCUT2D eigenvalue weighted by Crippen LogP contribution is -2.63. The van der Waals surface area contributed by atoms with Crippen LogP contribution in [0.25, 0.3) is 11.1 Å². The largest absolute Gasteiger partial charge is 0.481 e. The molecule has 5 rings (SSSR count). The lowest BCUT2D eigenvalue weighted by molar-refractivity contribution is -0.168. The summed E-state index contributed by atoms with van der Waals surface area (Å²) in [6, 6.07) is 16.3. The van der Waals surface area contributed by atoms with Crippen molar-refractivity contribution in [3.8, 4) is 11.1 Å². The first-order valence-corrected chi connectivity index (χ1v) is 12.6. The minimum absolute atomic E-state index is 0.00770. The molecule has 3 aliphatic rings. The topological polar surface area (TPSA) is 95.9 Å². The summed E-state index contributed by atoms with van der Waals surface area (Å²) in [6.07, 6.45) is 3.04. The smallest absolute Gasteiger partial charge is 0.407 e. The van der Waals surface area contributed by atoms with E-state index < -0.39 is 17.5 Å². The summed E-state index contributed by atoms with van der Waals surface area (Å²) >= 11 is 0. The molecule has 0 aromatic heterocycles. The van der Waals surface area contributed by atoms with Gasteiger partial charge in [0.15, 0.2) is 0 Å². The highest BCUT2D eigenvalue weighted by molar-refractivity contribution is 5.85. The Labute approximate surface area is 205 Å². The number of carbonyl (C=O) groups excluding carboxylic acids is 2. The van der Waals surface area contributed by atoms with Crippen LogP contribution < -0.4 is 5.32 Å². The number of fused-ring (bicyclic) bond motifs is 3. The van der Waals surface area contributed by atoms with Gasteiger partial charge in [0, 0.05) is 31.0 Å². The first kappa shape index (κ1) is 23.4. The first-order valence-electron chi connectivity index (χ1n) is 12.6.